The van der Waals surface area contributed by atoms with Gasteiger partial charge in [0.1, 0.15) is 5.82 Å². The molecule has 0 saturated carbocycles. The minimum absolute atomic E-state index is 0. The van der Waals surface area contributed by atoms with Gasteiger partial charge in [-0.05, 0) is 25.1 Å². The number of carbonyl (C=O) groups is 1. The lowest BCUT2D eigenvalue weighted by molar-refractivity contribution is -0.137. The lowest BCUT2D eigenvalue weighted by Gasteiger charge is -2.34. The maximum Gasteiger partial charge on any atom is 0.416 e. The van der Waals surface area contributed by atoms with Crippen molar-refractivity contribution >= 4 is 18.3 Å². The lowest BCUT2D eigenvalue weighted by Crippen LogP contribution is -2.52. The summed E-state index contributed by atoms with van der Waals surface area (Å²) in [5.41, 5.74) is -1.42. The van der Waals surface area contributed by atoms with E-state index >= 15 is 0 Å². The van der Waals surface area contributed by atoms with Crippen LogP contribution in [-0.2, 0) is 6.18 Å². The second-order valence-corrected chi connectivity index (χ2v) is 4.78. The zero-order valence-electron chi connectivity index (χ0n) is 11.2. The molecule has 118 valence electrons. The monoisotopic (exact) mass is 326 g/mol. The first-order valence-electron chi connectivity index (χ1n) is 6.18. The van der Waals surface area contributed by atoms with Crippen molar-refractivity contribution in [3.05, 3.63) is 35.1 Å². The summed E-state index contributed by atoms with van der Waals surface area (Å²) in [6.07, 6.45) is -4.67. The molecular weight excluding hydrogens is 312 g/mol. The molecule has 0 bridgehead atoms. The number of hydrogen-bond acceptors (Lipinski definition) is 2. The van der Waals surface area contributed by atoms with Crippen molar-refractivity contribution in [1.82, 2.24) is 10.2 Å². The van der Waals surface area contributed by atoms with E-state index in [1.54, 1.807) is 6.92 Å². The van der Waals surface area contributed by atoms with Gasteiger partial charge >= 0.3 is 6.18 Å². The average molecular weight is 327 g/mol. The summed E-state index contributed by atoms with van der Waals surface area (Å²) in [5, 5.41) is 3.07. The third-order valence-electron chi connectivity index (χ3n) is 3.23. The highest BCUT2D eigenvalue weighted by Gasteiger charge is 2.33. The molecular formula is C13H15ClF4N2O. The summed E-state index contributed by atoms with van der Waals surface area (Å²) in [6, 6.07) is 1.78. The standard InChI is InChI=1S/C13H14F4N2O.ClH/c1-8-7-18-2-3-19(8)12(20)9-4-10(13(15,16)17)6-11(14)5-9;/h4-6,8,18H,2-3,7H2,1H3;1H. The smallest absolute Gasteiger partial charge is 0.333 e. The first-order valence-corrected chi connectivity index (χ1v) is 6.18. The molecule has 1 unspecified atom stereocenters. The van der Waals surface area contributed by atoms with E-state index in [1.165, 1.54) is 4.90 Å². The molecule has 1 aromatic rings. The topological polar surface area (TPSA) is 32.3 Å². The molecule has 1 aliphatic rings. The van der Waals surface area contributed by atoms with Crippen LogP contribution in [0.3, 0.4) is 0 Å². The number of nitrogens with one attached hydrogen (secondary N) is 1. The number of halogens is 5. The molecule has 1 amide bonds. The largest absolute Gasteiger partial charge is 0.416 e. The van der Waals surface area contributed by atoms with Gasteiger partial charge in [-0.25, -0.2) is 4.39 Å². The number of hydrogen-bond donors (Lipinski definition) is 1. The molecule has 2 rings (SSSR count). The van der Waals surface area contributed by atoms with Gasteiger partial charge in [-0.1, -0.05) is 0 Å². The van der Waals surface area contributed by atoms with Crippen LogP contribution >= 0.6 is 12.4 Å². The third-order valence-corrected chi connectivity index (χ3v) is 3.23. The number of nitrogens with zero attached hydrogens (tertiary/aromatic N) is 1. The van der Waals surface area contributed by atoms with Crippen LogP contribution in [0.15, 0.2) is 18.2 Å². The fourth-order valence-corrected chi connectivity index (χ4v) is 2.19. The van der Waals surface area contributed by atoms with Gasteiger partial charge in [-0.15, -0.1) is 12.4 Å². The summed E-state index contributed by atoms with van der Waals surface area (Å²) < 4.78 is 51.2. The highest BCUT2D eigenvalue weighted by Crippen LogP contribution is 2.30. The predicted molar refractivity (Wildman–Crippen MR) is 72.0 cm³/mol. The molecule has 0 aliphatic carbocycles. The van der Waals surface area contributed by atoms with Gasteiger partial charge in [0, 0.05) is 31.2 Å². The minimum atomic E-state index is -4.67. The van der Waals surface area contributed by atoms with Crippen molar-refractivity contribution in [3.63, 3.8) is 0 Å². The fraction of sp³-hybridized carbons (Fsp3) is 0.462. The van der Waals surface area contributed by atoms with Crippen LogP contribution in [0.2, 0.25) is 0 Å². The molecule has 0 radical (unpaired) electrons. The number of carbonyl (C=O) groups excluding carboxylic acids is 1. The Morgan fingerprint density at radius 1 is 1.33 bits per heavy atom. The van der Waals surface area contributed by atoms with Crippen LogP contribution in [0.25, 0.3) is 0 Å². The zero-order valence-corrected chi connectivity index (χ0v) is 12.0. The second kappa shape index (κ2) is 6.62. The van der Waals surface area contributed by atoms with Crippen molar-refractivity contribution in [1.29, 1.82) is 0 Å². The molecule has 1 fully saturated rings. The highest BCUT2D eigenvalue weighted by atomic mass is 35.5. The van der Waals surface area contributed by atoms with E-state index in [0.29, 0.717) is 31.8 Å². The molecule has 8 heteroatoms. The summed E-state index contributed by atoms with van der Waals surface area (Å²) in [4.78, 5) is 13.7. The van der Waals surface area contributed by atoms with Crippen molar-refractivity contribution in [2.45, 2.75) is 19.1 Å². The average Bonchev–Trinajstić information content (AvgIpc) is 2.37. The number of amides is 1. The van der Waals surface area contributed by atoms with Gasteiger partial charge in [0.05, 0.1) is 5.56 Å². The van der Waals surface area contributed by atoms with Crippen molar-refractivity contribution in [2.24, 2.45) is 0 Å². The maximum atomic E-state index is 13.3. The van der Waals surface area contributed by atoms with Crippen molar-refractivity contribution in [2.75, 3.05) is 19.6 Å². The van der Waals surface area contributed by atoms with E-state index in [9.17, 15) is 22.4 Å². The highest BCUT2D eigenvalue weighted by molar-refractivity contribution is 5.94. The Balaban J connectivity index is 0.00000220. The van der Waals surface area contributed by atoms with Crippen LogP contribution in [0.4, 0.5) is 17.6 Å². The summed E-state index contributed by atoms with van der Waals surface area (Å²) in [6.45, 7) is 3.30. The molecule has 3 nitrogen and oxygen atoms in total. The molecule has 1 aliphatic heterocycles. The van der Waals surface area contributed by atoms with Crippen molar-refractivity contribution in [3.8, 4) is 0 Å². The van der Waals surface area contributed by atoms with Gasteiger partial charge < -0.3 is 10.2 Å². The Hall–Kier alpha value is -1.34. The number of piperazine rings is 1. The molecule has 1 N–H and O–H groups in total. The normalized spacial score (nSPS) is 19.1. The fourth-order valence-electron chi connectivity index (χ4n) is 2.19. The molecule has 1 heterocycles. The van der Waals surface area contributed by atoms with Crippen LogP contribution in [0.1, 0.15) is 22.8 Å². The van der Waals surface area contributed by atoms with Crippen LogP contribution in [0, 0.1) is 5.82 Å². The summed E-state index contributed by atoms with van der Waals surface area (Å²) in [7, 11) is 0. The van der Waals surface area contributed by atoms with E-state index in [-0.39, 0.29) is 24.0 Å². The quantitative estimate of drug-likeness (QED) is 0.805. The molecule has 0 aromatic heterocycles. The van der Waals surface area contributed by atoms with Gasteiger partial charge in [0.15, 0.2) is 0 Å². The third kappa shape index (κ3) is 4.07. The Labute approximate surface area is 125 Å². The van der Waals surface area contributed by atoms with E-state index < -0.39 is 23.5 Å². The van der Waals surface area contributed by atoms with Crippen LogP contribution in [-0.4, -0.2) is 36.5 Å². The molecule has 0 spiro atoms. The SMILES string of the molecule is CC1CNCCN1C(=O)c1cc(F)cc(C(F)(F)F)c1.Cl. The Bertz CT molecular complexity index is 521. The molecule has 1 saturated heterocycles. The molecule has 1 aromatic carbocycles. The van der Waals surface area contributed by atoms with E-state index in [1.807, 2.05) is 0 Å². The van der Waals surface area contributed by atoms with Crippen LogP contribution in [0.5, 0.6) is 0 Å². The number of rotatable bonds is 1. The van der Waals surface area contributed by atoms with Crippen molar-refractivity contribution < 1.29 is 22.4 Å². The zero-order chi connectivity index (χ0) is 14.9. The Morgan fingerprint density at radius 2 is 2.00 bits per heavy atom. The summed E-state index contributed by atoms with van der Waals surface area (Å²) in [5.74, 6) is -1.64. The van der Waals surface area contributed by atoms with Gasteiger partial charge in [0.2, 0.25) is 0 Å². The van der Waals surface area contributed by atoms with Gasteiger partial charge in [0.25, 0.3) is 5.91 Å². The summed E-state index contributed by atoms with van der Waals surface area (Å²) >= 11 is 0. The first kappa shape index (κ1) is 17.7. The maximum absolute atomic E-state index is 13.3. The van der Waals surface area contributed by atoms with E-state index in [0.717, 1.165) is 6.07 Å². The van der Waals surface area contributed by atoms with E-state index in [2.05, 4.69) is 5.32 Å². The second-order valence-electron chi connectivity index (χ2n) is 4.78. The Morgan fingerprint density at radius 3 is 2.57 bits per heavy atom. The first-order chi connectivity index (χ1) is 9.29. The van der Waals surface area contributed by atoms with Crippen LogP contribution < -0.4 is 5.32 Å². The minimum Gasteiger partial charge on any atom is -0.333 e. The van der Waals surface area contributed by atoms with Gasteiger partial charge in [-0.3, -0.25) is 4.79 Å². The van der Waals surface area contributed by atoms with E-state index in [4.69, 9.17) is 0 Å². The lowest BCUT2D eigenvalue weighted by atomic mass is 10.1. The molecule has 21 heavy (non-hydrogen) atoms. The number of alkyl halides is 3. The number of benzene rings is 1. The molecule has 1 atom stereocenters. The Kier molecular flexibility index (Phi) is 5.58. The predicted octanol–water partition coefficient (Wildman–Crippen LogP) is 2.70. The van der Waals surface area contributed by atoms with Gasteiger partial charge in [-0.2, -0.15) is 13.2 Å².